The van der Waals surface area contributed by atoms with E-state index in [1.165, 1.54) is 12.5 Å². The molecule has 1 saturated heterocycles. The number of methoxy groups -OCH3 is 1. The monoisotopic (exact) mass is 492 g/mol. The van der Waals surface area contributed by atoms with E-state index in [0.29, 0.717) is 17.8 Å². The molecule has 2 aromatic rings. The molecule has 1 fully saturated rings. The molecule has 1 aliphatic rings. The molecular formula is C27H38F2N2O4. The van der Waals surface area contributed by atoms with Crippen LogP contribution < -0.4 is 15.0 Å². The van der Waals surface area contributed by atoms with Crippen LogP contribution in [0.3, 0.4) is 0 Å². The van der Waals surface area contributed by atoms with Gasteiger partial charge in [-0.25, -0.2) is 8.78 Å². The topological polar surface area (TPSA) is 78.9 Å². The first kappa shape index (κ1) is 31.7. The first-order valence-corrected chi connectivity index (χ1v) is 11.3. The molecule has 0 saturated carbocycles. The van der Waals surface area contributed by atoms with Crippen LogP contribution in [0.5, 0.6) is 5.75 Å². The summed E-state index contributed by atoms with van der Waals surface area (Å²) in [6.07, 6.45) is 3.57. The van der Waals surface area contributed by atoms with Gasteiger partial charge in [0.25, 0.3) is 0 Å². The van der Waals surface area contributed by atoms with Crippen molar-refractivity contribution < 1.29 is 28.2 Å². The van der Waals surface area contributed by atoms with Gasteiger partial charge in [0.05, 0.1) is 18.4 Å². The molecule has 0 radical (unpaired) electrons. The van der Waals surface area contributed by atoms with E-state index in [9.17, 15) is 13.9 Å². The summed E-state index contributed by atoms with van der Waals surface area (Å²) in [6.45, 7) is 15.7. The Morgan fingerprint density at radius 1 is 1.06 bits per heavy atom. The number of ether oxygens (including phenoxy) is 1. The standard InChI is InChI=1S/C22H26F2N2O2.C3H8.2CH2O/c1-15(25-17-6-7-18(23)19(24)14-17)16-5-8-21(28-3)20(13-16)26-11-4-9-22(2,27)10-12-26;1-3-2;2*1-2/h5-8,13-14,25,27H,1,4,9-12H2,2-3H3;3H2,1-2H3;2*1H2. The highest BCUT2D eigenvalue weighted by Crippen LogP contribution is 2.34. The molecule has 0 bridgehead atoms. The molecule has 0 aromatic heterocycles. The minimum absolute atomic E-state index is 0.423. The molecule has 0 spiro atoms. The fourth-order valence-electron chi connectivity index (χ4n) is 3.45. The number of halogens is 2. The van der Waals surface area contributed by atoms with Gasteiger partial charge in [0.2, 0.25) is 0 Å². The molecule has 1 aliphatic heterocycles. The van der Waals surface area contributed by atoms with E-state index in [1.54, 1.807) is 7.11 Å². The molecule has 8 heteroatoms. The Morgan fingerprint density at radius 3 is 2.26 bits per heavy atom. The second kappa shape index (κ2) is 16.4. The van der Waals surface area contributed by atoms with Crippen molar-refractivity contribution in [3.63, 3.8) is 0 Å². The number of carbonyl (C=O) groups is 2. The zero-order valence-corrected chi connectivity index (χ0v) is 21.2. The quantitative estimate of drug-likeness (QED) is 0.546. The van der Waals surface area contributed by atoms with Crippen LogP contribution >= 0.6 is 0 Å². The van der Waals surface area contributed by atoms with Gasteiger partial charge in [-0.15, -0.1) is 0 Å². The van der Waals surface area contributed by atoms with Crippen molar-refractivity contribution in [1.29, 1.82) is 0 Å². The Hall–Kier alpha value is -3.26. The number of hydrogen-bond acceptors (Lipinski definition) is 6. The summed E-state index contributed by atoms with van der Waals surface area (Å²) in [7, 11) is 1.63. The lowest BCUT2D eigenvalue weighted by molar-refractivity contribution is -0.0987. The number of carbonyl (C=O) groups excluding carboxylic acids is 2. The molecular weight excluding hydrogens is 454 g/mol. The van der Waals surface area contributed by atoms with Gasteiger partial charge < -0.3 is 29.6 Å². The largest absolute Gasteiger partial charge is 0.495 e. The molecule has 3 rings (SSSR count). The maximum absolute atomic E-state index is 13.5. The number of hydrogen-bond donors (Lipinski definition) is 2. The summed E-state index contributed by atoms with van der Waals surface area (Å²) >= 11 is 0. The van der Waals surface area contributed by atoms with Crippen LogP contribution in [0.25, 0.3) is 5.70 Å². The van der Waals surface area contributed by atoms with Gasteiger partial charge in [0.1, 0.15) is 19.3 Å². The van der Waals surface area contributed by atoms with Crippen molar-refractivity contribution in [1.82, 2.24) is 0 Å². The van der Waals surface area contributed by atoms with Gasteiger partial charge in [-0.3, -0.25) is 0 Å². The minimum Gasteiger partial charge on any atom is -0.495 e. The smallest absolute Gasteiger partial charge is 0.160 e. The van der Waals surface area contributed by atoms with Crippen molar-refractivity contribution in [2.45, 2.75) is 52.1 Å². The van der Waals surface area contributed by atoms with Crippen molar-refractivity contribution in [3.05, 3.63) is 60.2 Å². The van der Waals surface area contributed by atoms with Gasteiger partial charge in [0.15, 0.2) is 11.6 Å². The number of benzene rings is 2. The highest BCUT2D eigenvalue weighted by Gasteiger charge is 2.26. The lowest BCUT2D eigenvalue weighted by Gasteiger charge is -2.26. The summed E-state index contributed by atoms with van der Waals surface area (Å²) in [6, 6.07) is 9.34. The molecule has 6 nitrogen and oxygen atoms in total. The average molecular weight is 493 g/mol. The fraction of sp³-hybridized carbons (Fsp3) is 0.407. The summed E-state index contributed by atoms with van der Waals surface area (Å²) < 4.78 is 32.1. The number of rotatable bonds is 5. The molecule has 35 heavy (non-hydrogen) atoms. The maximum Gasteiger partial charge on any atom is 0.160 e. The molecule has 1 atom stereocenters. The molecule has 0 aliphatic carbocycles. The van der Waals surface area contributed by atoms with E-state index in [1.807, 2.05) is 38.7 Å². The third-order valence-corrected chi connectivity index (χ3v) is 5.15. The van der Waals surface area contributed by atoms with E-state index < -0.39 is 17.2 Å². The third-order valence-electron chi connectivity index (χ3n) is 5.15. The van der Waals surface area contributed by atoms with E-state index in [0.717, 1.165) is 55.1 Å². The Bertz CT molecular complexity index is 920. The highest BCUT2D eigenvalue weighted by atomic mass is 19.2. The SMILES string of the molecule is C=C(Nc1ccc(F)c(F)c1)c1ccc(OC)c(N2CCCC(C)(O)CC2)c1.C=O.C=O.CCC. The highest BCUT2D eigenvalue weighted by molar-refractivity contribution is 5.78. The summed E-state index contributed by atoms with van der Waals surface area (Å²) in [5, 5.41) is 13.4. The predicted molar refractivity (Wildman–Crippen MR) is 139 cm³/mol. The second-order valence-corrected chi connectivity index (χ2v) is 8.16. The molecule has 2 aromatic carbocycles. The van der Waals surface area contributed by atoms with Crippen LogP contribution in [0.15, 0.2) is 43.0 Å². The van der Waals surface area contributed by atoms with Crippen molar-refractivity contribution in [2.24, 2.45) is 0 Å². The van der Waals surface area contributed by atoms with Gasteiger partial charge in [-0.1, -0.05) is 26.8 Å². The van der Waals surface area contributed by atoms with E-state index in [-0.39, 0.29) is 0 Å². The first-order chi connectivity index (χ1) is 16.7. The van der Waals surface area contributed by atoms with E-state index in [4.69, 9.17) is 14.3 Å². The maximum atomic E-state index is 13.5. The number of aliphatic hydroxyl groups is 1. The fourth-order valence-corrected chi connectivity index (χ4v) is 3.45. The second-order valence-electron chi connectivity index (χ2n) is 8.16. The lowest BCUT2D eigenvalue weighted by atomic mass is 9.98. The Kier molecular flexibility index (Phi) is 14.9. The number of nitrogens with one attached hydrogen (secondary N) is 1. The average Bonchev–Trinajstić information content (AvgIpc) is 3.04. The zero-order chi connectivity index (χ0) is 27.0. The van der Waals surface area contributed by atoms with Gasteiger partial charge >= 0.3 is 0 Å². The van der Waals surface area contributed by atoms with Crippen LogP contribution in [0.1, 0.15) is 52.0 Å². The van der Waals surface area contributed by atoms with Gasteiger partial charge in [-0.2, -0.15) is 0 Å². The molecule has 1 heterocycles. The Morgan fingerprint density at radius 2 is 1.69 bits per heavy atom. The van der Waals surface area contributed by atoms with Crippen LogP contribution in [-0.4, -0.2) is 44.5 Å². The van der Waals surface area contributed by atoms with Crippen molar-refractivity contribution in [3.8, 4) is 5.75 Å². The lowest BCUT2D eigenvalue weighted by Crippen LogP contribution is -2.28. The van der Waals surface area contributed by atoms with Crippen LogP contribution in [0, 0.1) is 11.6 Å². The Labute approximate surface area is 207 Å². The van der Waals surface area contributed by atoms with Crippen molar-refractivity contribution >= 4 is 30.6 Å². The molecule has 1 unspecified atom stereocenters. The number of nitrogens with zero attached hydrogens (tertiary/aromatic N) is 1. The van der Waals surface area contributed by atoms with Crippen molar-refractivity contribution in [2.75, 3.05) is 30.4 Å². The minimum atomic E-state index is -0.912. The molecule has 0 amide bonds. The summed E-state index contributed by atoms with van der Waals surface area (Å²) in [4.78, 5) is 18.2. The van der Waals surface area contributed by atoms with E-state index >= 15 is 0 Å². The third kappa shape index (κ3) is 10.3. The summed E-state index contributed by atoms with van der Waals surface area (Å²) in [5.74, 6) is -1.06. The normalized spacial score (nSPS) is 16.6. The summed E-state index contributed by atoms with van der Waals surface area (Å²) in [5.41, 5.74) is 2.07. The van der Waals surface area contributed by atoms with E-state index in [2.05, 4.69) is 30.6 Å². The van der Waals surface area contributed by atoms with Gasteiger partial charge in [-0.05, 0) is 62.1 Å². The number of anilines is 2. The zero-order valence-electron chi connectivity index (χ0n) is 21.2. The molecule has 2 N–H and O–H groups in total. The van der Waals surface area contributed by atoms with Crippen LogP contribution in [-0.2, 0) is 9.59 Å². The molecule has 194 valence electrons. The predicted octanol–water partition coefficient (Wildman–Crippen LogP) is 5.84. The Balaban J connectivity index is 0.00000150. The van der Waals surface area contributed by atoms with Crippen LogP contribution in [0.2, 0.25) is 0 Å². The van der Waals surface area contributed by atoms with Gasteiger partial charge in [0, 0.05) is 30.5 Å². The first-order valence-electron chi connectivity index (χ1n) is 11.3. The van der Waals surface area contributed by atoms with Crippen LogP contribution in [0.4, 0.5) is 20.2 Å².